The third-order valence-corrected chi connectivity index (χ3v) is 9.80. The molecule has 3 heterocycles. The lowest BCUT2D eigenvalue weighted by molar-refractivity contribution is 0.585. The van der Waals surface area contributed by atoms with Crippen molar-refractivity contribution >= 4 is 51.1 Å². The van der Waals surface area contributed by atoms with E-state index in [0.29, 0.717) is 34.6 Å². The van der Waals surface area contributed by atoms with Crippen molar-refractivity contribution in [3.63, 3.8) is 0 Å². The highest BCUT2D eigenvalue weighted by molar-refractivity contribution is 7.92. The molecule has 3 N–H and O–H groups in total. The number of thiazole rings is 1. The smallest absolute Gasteiger partial charge is 0.232 e. The number of aromatic nitrogens is 3. The number of hydrogen-bond acceptors (Lipinski definition) is 8. The quantitative estimate of drug-likeness (QED) is 0.181. The molecular formula is C30H36ClFN6O2S2. The van der Waals surface area contributed by atoms with Gasteiger partial charge in [0, 0.05) is 29.4 Å². The zero-order valence-electron chi connectivity index (χ0n) is 24.1. The molecule has 224 valence electrons. The fraction of sp³-hybridized carbons (Fsp3) is 0.367. The minimum Gasteiger partial charge on any atom is -0.324 e. The Morgan fingerprint density at radius 3 is 2.62 bits per heavy atom. The average Bonchev–Trinajstić information content (AvgIpc) is 3.61. The van der Waals surface area contributed by atoms with Crippen molar-refractivity contribution in [1.82, 2.24) is 20.3 Å². The summed E-state index contributed by atoms with van der Waals surface area (Å²) in [5.74, 6) is 0.133. The summed E-state index contributed by atoms with van der Waals surface area (Å²) < 4.78 is 43.0. The number of sulfonamides is 1. The summed E-state index contributed by atoms with van der Waals surface area (Å²) >= 11 is 1.44. The van der Waals surface area contributed by atoms with E-state index in [4.69, 9.17) is 9.97 Å². The molecule has 1 atom stereocenters. The van der Waals surface area contributed by atoms with Gasteiger partial charge in [0.25, 0.3) is 0 Å². The molecule has 1 unspecified atom stereocenters. The van der Waals surface area contributed by atoms with Crippen LogP contribution in [0.4, 0.5) is 21.7 Å². The van der Waals surface area contributed by atoms with Crippen molar-refractivity contribution in [3.05, 3.63) is 71.1 Å². The van der Waals surface area contributed by atoms with Crippen molar-refractivity contribution < 1.29 is 12.8 Å². The fourth-order valence-electron chi connectivity index (χ4n) is 4.76. The third kappa shape index (κ3) is 7.26. The number of rotatable bonds is 9. The maximum atomic E-state index is 15.9. The van der Waals surface area contributed by atoms with E-state index < -0.39 is 15.8 Å². The zero-order chi connectivity index (χ0) is 29.2. The van der Waals surface area contributed by atoms with Crippen molar-refractivity contribution in [3.8, 4) is 21.8 Å². The van der Waals surface area contributed by atoms with Crippen molar-refractivity contribution in [2.75, 3.05) is 28.9 Å². The summed E-state index contributed by atoms with van der Waals surface area (Å²) in [7, 11) is -3.67. The Kier molecular flexibility index (Phi) is 9.87. The first-order chi connectivity index (χ1) is 19.5. The summed E-state index contributed by atoms with van der Waals surface area (Å²) in [6, 6.07) is 14.7. The molecule has 0 saturated carbocycles. The summed E-state index contributed by atoms with van der Waals surface area (Å²) in [6.07, 6.45) is 3.20. The Morgan fingerprint density at radius 1 is 1.12 bits per heavy atom. The second-order valence-electron chi connectivity index (χ2n) is 11.2. The Balaban J connectivity index is 0.00000405. The second kappa shape index (κ2) is 13.0. The molecule has 0 radical (unpaired) electrons. The van der Waals surface area contributed by atoms with Crippen LogP contribution in [0, 0.1) is 5.82 Å². The van der Waals surface area contributed by atoms with Gasteiger partial charge >= 0.3 is 0 Å². The van der Waals surface area contributed by atoms with Crippen LogP contribution < -0.4 is 15.4 Å². The van der Waals surface area contributed by atoms with Gasteiger partial charge in [-0.15, -0.1) is 23.7 Å². The van der Waals surface area contributed by atoms with Crippen LogP contribution in [0.3, 0.4) is 0 Å². The molecule has 0 bridgehead atoms. The monoisotopic (exact) mass is 630 g/mol. The second-order valence-corrected chi connectivity index (χ2v) is 14.1. The molecular weight excluding hydrogens is 595 g/mol. The Bertz CT molecular complexity index is 1650. The topological polar surface area (TPSA) is 109 Å². The lowest BCUT2D eigenvalue weighted by Gasteiger charge is -2.13. The van der Waals surface area contributed by atoms with E-state index in [-0.39, 0.29) is 34.8 Å². The zero-order valence-corrected chi connectivity index (χ0v) is 26.5. The SMILES string of the molecule is CCCS(=O)(=O)Nc1cccc(-c2nc(C(C)(C)C)sc2-c2ccnc(Nc3cccc(C4CCNC4)c3)n2)c1F.Cl. The lowest BCUT2D eigenvalue weighted by atomic mass is 9.98. The van der Waals surface area contributed by atoms with Crippen LogP contribution in [0.25, 0.3) is 21.8 Å². The van der Waals surface area contributed by atoms with Gasteiger partial charge in [0.05, 0.1) is 32.7 Å². The standard InChI is InChI=1S/C30H35FN6O2S2.ClH/c1-5-16-41(38,39)37-23-11-7-10-22(25(23)31)26-27(40-28(36-26)30(2,3)4)24-13-15-33-29(35-24)34-21-9-6-8-19(17-21)20-12-14-32-18-20;/h6-11,13,15,17,20,32,37H,5,12,14,16,18H2,1-4H3,(H,33,34,35);1H. The van der Waals surface area contributed by atoms with Gasteiger partial charge in [-0.25, -0.2) is 27.8 Å². The molecule has 0 aliphatic carbocycles. The van der Waals surface area contributed by atoms with Gasteiger partial charge in [0.2, 0.25) is 16.0 Å². The normalized spacial score (nSPS) is 15.3. The molecule has 1 aliphatic heterocycles. The summed E-state index contributed by atoms with van der Waals surface area (Å²) in [4.78, 5) is 14.7. The van der Waals surface area contributed by atoms with Crippen LogP contribution in [-0.2, 0) is 15.4 Å². The molecule has 1 fully saturated rings. The first-order valence-corrected chi connectivity index (χ1v) is 16.2. The van der Waals surface area contributed by atoms with Crippen LogP contribution in [-0.4, -0.2) is 42.2 Å². The first kappa shape index (κ1) is 31.8. The van der Waals surface area contributed by atoms with Crippen LogP contribution in [0.15, 0.2) is 54.7 Å². The third-order valence-electron chi connectivity index (χ3n) is 6.82. The summed E-state index contributed by atoms with van der Waals surface area (Å²) in [5.41, 5.74) is 2.97. The number of nitrogens with zero attached hydrogens (tertiary/aromatic N) is 3. The maximum Gasteiger partial charge on any atom is 0.232 e. The largest absolute Gasteiger partial charge is 0.324 e. The van der Waals surface area contributed by atoms with Gasteiger partial charge in [-0.2, -0.15) is 0 Å². The highest BCUT2D eigenvalue weighted by Crippen LogP contribution is 2.42. The van der Waals surface area contributed by atoms with Gasteiger partial charge < -0.3 is 10.6 Å². The summed E-state index contributed by atoms with van der Waals surface area (Å²) in [6.45, 7) is 9.89. The van der Waals surface area contributed by atoms with Crippen LogP contribution in [0.5, 0.6) is 0 Å². The van der Waals surface area contributed by atoms with E-state index >= 15 is 4.39 Å². The van der Waals surface area contributed by atoms with Gasteiger partial charge in [-0.1, -0.05) is 45.9 Å². The van der Waals surface area contributed by atoms with Gasteiger partial charge in [0.1, 0.15) is 0 Å². The number of halogens is 2. The van der Waals surface area contributed by atoms with Crippen LogP contribution >= 0.6 is 23.7 Å². The van der Waals surface area contributed by atoms with E-state index in [1.165, 1.54) is 23.0 Å². The number of hydrogen-bond donors (Lipinski definition) is 3. The predicted molar refractivity (Wildman–Crippen MR) is 172 cm³/mol. The molecule has 2 aromatic carbocycles. The predicted octanol–water partition coefficient (Wildman–Crippen LogP) is 7.10. The molecule has 0 spiro atoms. The van der Waals surface area contributed by atoms with Gasteiger partial charge in [-0.3, -0.25) is 4.72 Å². The Morgan fingerprint density at radius 2 is 1.90 bits per heavy atom. The van der Waals surface area contributed by atoms with Crippen LogP contribution in [0.1, 0.15) is 57.0 Å². The first-order valence-electron chi connectivity index (χ1n) is 13.8. The molecule has 4 aromatic rings. The Hall–Kier alpha value is -3.12. The van der Waals surface area contributed by atoms with Crippen molar-refractivity contribution in [2.45, 2.75) is 51.9 Å². The minimum absolute atomic E-state index is 0. The van der Waals surface area contributed by atoms with E-state index in [1.807, 2.05) is 32.9 Å². The number of benzene rings is 2. The van der Waals surface area contributed by atoms with E-state index in [1.54, 1.807) is 31.3 Å². The van der Waals surface area contributed by atoms with Gasteiger partial charge in [0.15, 0.2) is 5.82 Å². The van der Waals surface area contributed by atoms with E-state index in [2.05, 4.69) is 32.5 Å². The molecule has 12 heteroatoms. The number of anilines is 3. The minimum atomic E-state index is -3.67. The highest BCUT2D eigenvalue weighted by atomic mass is 35.5. The molecule has 42 heavy (non-hydrogen) atoms. The molecule has 8 nitrogen and oxygen atoms in total. The molecule has 2 aromatic heterocycles. The molecule has 5 rings (SSSR count). The lowest BCUT2D eigenvalue weighted by Crippen LogP contribution is -2.17. The maximum absolute atomic E-state index is 15.9. The number of nitrogens with one attached hydrogen (secondary N) is 3. The Labute approximate surface area is 257 Å². The average molecular weight is 631 g/mol. The van der Waals surface area contributed by atoms with Crippen molar-refractivity contribution in [2.24, 2.45) is 0 Å². The van der Waals surface area contributed by atoms with Crippen molar-refractivity contribution in [1.29, 1.82) is 0 Å². The fourth-order valence-corrected chi connectivity index (χ4v) is 7.00. The molecule has 1 saturated heterocycles. The summed E-state index contributed by atoms with van der Waals surface area (Å²) in [5, 5.41) is 7.54. The van der Waals surface area contributed by atoms with Crippen LogP contribution in [0.2, 0.25) is 0 Å². The highest BCUT2D eigenvalue weighted by Gasteiger charge is 2.26. The van der Waals surface area contributed by atoms with E-state index in [0.717, 1.165) is 30.2 Å². The molecule has 1 aliphatic rings. The molecule has 0 amide bonds. The van der Waals surface area contributed by atoms with E-state index in [9.17, 15) is 8.42 Å². The van der Waals surface area contributed by atoms with Gasteiger partial charge in [-0.05, 0) is 61.2 Å².